The second kappa shape index (κ2) is 8.75. The fraction of sp³-hybridized carbons (Fsp3) is 1.00. The summed E-state index contributed by atoms with van der Waals surface area (Å²) in [6.45, 7) is 9.88. The molecule has 2 N–H and O–H groups in total. The number of piperidine rings is 2. The molecule has 0 aromatic rings. The van der Waals surface area contributed by atoms with E-state index in [1.807, 2.05) is 0 Å². The smallest absolute Gasteiger partial charge is 0.0751 e. The Balaban J connectivity index is 1.24. The maximum Gasteiger partial charge on any atom is 0.0751 e. The summed E-state index contributed by atoms with van der Waals surface area (Å²) < 4.78 is 0. The van der Waals surface area contributed by atoms with Crippen LogP contribution in [0.25, 0.3) is 0 Å². The average Bonchev–Trinajstić information content (AvgIpc) is 3.11. The topological polar surface area (TPSA) is 46.9 Å². The van der Waals surface area contributed by atoms with Gasteiger partial charge in [0.15, 0.2) is 0 Å². The monoisotopic (exact) mass is 458 g/mol. The lowest BCUT2D eigenvalue weighted by Gasteiger charge is -2.62. The van der Waals surface area contributed by atoms with Crippen LogP contribution in [0.5, 0.6) is 0 Å². The van der Waals surface area contributed by atoms with Gasteiger partial charge in [-0.3, -0.25) is 9.80 Å². The Kier molecular flexibility index (Phi) is 6.16. The van der Waals surface area contributed by atoms with Gasteiger partial charge in [-0.1, -0.05) is 26.7 Å². The lowest BCUT2D eigenvalue weighted by molar-refractivity contribution is -0.154. The number of likely N-dealkylation sites (tertiary alicyclic amines) is 2. The highest BCUT2D eigenvalue weighted by molar-refractivity contribution is 5.14. The van der Waals surface area contributed by atoms with Crippen LogP contribution in [0.3, 0.4) is 0 Å². The Morgan fingerprint density at radius 3 is 1.97 bits per heavy atom. The molecule has 2 aliphatic heterocycles. The largest absolute Gasteiger partial charge is 0.391 e. The molecule has 188 valence electrons. The van der Waals surface area contributed by atoms with Crippen LogP contribution in [-0.2, 0) is 0 Å². The first kappa shape index (κ1) is 23.3. The molecule has 0 spiro atoms. The minimum Gasteiger partial charge on any atom is -0.391 e. The summed E-state index contributed by atoms with van der Waals surface area (Å²) in [7, 11) is 0. The zero-order valence-electron chi connectivity index (χ0n) is 21.4. The zero-order chi connectivity index (χ0) is 22.8. The van der Waals surface area contributed by atoms with E-state index in [4.69, 9.17) is 0 Å². The van der Waals surface area contributed by atoms with Crippen LogP contribution in [0.4, 0.5) is 0 Å². The predicted molar refractivity (Wildman–Crippen MR) is 133 cm³/mol. The van der Waals surface area contributed by atoms with E-state index in [9.17, 15) is 10.2 Å². The molecule has 4 nitrogen and oxygen atoms in total. The molecule has 33 heavy (non-hydrogen) atoms. The van der Waals surface area contributed by atoms with Crippen LogP contribution in [0, 0.1) is 34.5 Å². The minimum atomic E-state index is -0.138. The van der Waals surface area contributed by atoms with E-state index in [0.717, 1.165) is 18.3 Å². The third-order valence-corrected chi connectivity index (χ3v) is 12.4. The van der Waals surface area contributed by atoms with Crippen LogP contribution in [0.1, 0.15) is 97.3 Å². The van der Waals surface area contributed by atoms with Crippen molar-refractivity contribution < 1.29 is 10.2 Å². The van der Waals surface area contributed by atoms with Gasteiger partial charge in [0, 0.05) is 12.1 Å². The predicted octanol–water partition coefficient (Wildman–Crippen LogP) is 4.68. The molecule has 4 unspecified atom stereocenters. The van der Waals surface area contributed by atoms with Gasteiger partial charge in [0.25, 0.3) is 0 Å². The highest BCUT2D eigenvalue weighted by Crippen LogP contribution is 2.66. The molecule has 6 rings (SSSR count). The number of aliphatic hydroxyl groups excluding tert-OH is 2. The number of nitrogens with zero attached hydrogens (tertiary/aromatic N) is 2. The molecular weight excluding hydrogens is 408 g/mol. The molecule has 4 saturated carbocycles. The third-order valence-electron chi connectivity index (χ3n) is 12.4. The third kappa shape index (κ3) is 3.67. The Morgan fingerprint density at radius 2 is 1.30 bits per heavy atom. The molecule has 6 fully saturated rings. The van der Waals surface area contributed by atoms with Crippen molar-refractivity contribution in [2.45, 2.75) is 122 Å². The van der Waals surface area contributed by atoms with Crippen LogP contribution in [0.15, 0.2) is 0 Å². The molecule has 6 aliphatic rings. The second-order valence-corrected chi connectivity index (χ2v) is 13.7. The van der Waals surface area contributed by atoms with Gasteiger partial charge in [0.05, 0.1) is 12.2 Å². The molecule has 4 heteroatoms. The second-order valence-electron chi connectivity index (χ2n) is 13.7. The first-order valence-electron chi connectivity index (χ1n) is 14.8. The summed E-state index contributed by atoms with van der Waals surface area (Å²) in [6, 6.07) is 0.785. The molecule has 0 radical (unpaired) electrons. The van der Waals surface area contributed by atoms with Gasteiger partial charge in [-0.15, -0.1) is 0 Å². The van der Waals surface area contributed by atoms with Crippen molar-refractivity contribution in [2.75, 3.05) is 26.2 Å². The number of aliphatic hydroxyl groups is 2. The molecule has 0 aromatic heterocycles. The van der Waals surface area contributed by atoms with Crippen LogP contribution < -0.4 is 0 Å². The van der Waals surface area contributed by atoms with E-state index < -0.39 is 0 Å². The molecule has 0 amide bonds. The highest BCUT2D eigenvalue weighted by atomic mass is 16.3. The van der Waals surface area contributed by atoms with E-state index in [2.05, 4.69) is 23.6 Å². The average molecular weight is 459 g/mol. The van der Waals surface area contributed by atoms with Crippen molar-refractivity contribution in [3.8, 4) is 0 Å². The van der Waals surface area contributed by atoms with Gasteiger partial charge in [0.2, 0.25) is 0 Å². The van der Waals surface area contributed by atoms with E-state index in [-0.39, 0.29) is 17.6 Å². The van der Waals surface area contributed by atoms with E-state index in [1.165, 1.54) is 103 Å². The van der Waals surface area contributed by atoms with Crippen molar-refractivity contribution in [3.63, 3.8) is 0 Å². The summed E-state index contributed by atoms with van der Waals surface area (Å²) in [6.07, 6.45) is 16.4. The quantitative estimate of drug-likeness (QED) is 0.631. The number of hydrogen-bond donors (Lipinski definition) is 2. The van der Waals surface area contributed by atoms with Gasteiger partial charge in [0.1, 0.15) is 0 Å². The van der Waals surface area contributed by atoms with E-state index in [1.54, 1.807) is 0 Å². The Hall–Kier alpha value is -0.160. The first-order chi connectivity index (χ1) is 15.9. The van der Waals surface area contributed by atoms with Crippen molar-refractivity contribution in [1.82, 2.24) is 9.80 Å². The molecule has 2 saturated heterocycles. The van der Waals surface area contributed by atoms with Crippen molar-refractivity contribution in [2.24, 2.45) is 34.5 Å². The van der Waals surface area contributed by atoms with Gasteiger partial charge in [-0.2, -0.15) is 0 Å². The van der Waals surface area contributed by atoms with E-state index >= 15 is 0 Å². The normalized spacial score (nSPS) is 53.8. The van der Waals surface area contributed by atoms with Crippen molar-refractivity contribution in [1.29, 1.82) is 0 Å². The van der Waals surface area contributed by atoms with Gasteiger partial charge in [-0.05, 0) is 131 Å². The standard InChI is InChI=1S/C29H50N2O2/c1-28-12-11-22-21(23(28)18-24(27(28)33)30-13-5-3-6-14-30)10-9-20-17-26(32)25(19-29(20,22)2)31-15-7-4-8-16-31/h20-27,32-33H,3-19H2,1-2H3/t20?,21?,22?,23?,24-,25-,26-,27-,28-,29-/m0/s1. The number of rotatable bonds is 2. The van der Waals surface area contributed by atoms with E-state index in [0.29, 0.717) is 29.3 Å². The molecule has 0 aromatic carbocycles. The lowest BCUT2D eigenvalue weighted by Crippen LogP contribution is -2.60. The molecular formula is C29H50N2O2. The lowest BCUT2D eigenvalue weighted by atomic mass is 9.44. The molecule has 0 bridgehead atoms. The van der Waals surface area contributed by atoms with Crippen LogP contribution in [-0.4, -0.2) is 70.5 Å². The van der Waals surface area contributed by atoms with Gasteiger partial charge < -0.3 is 10.2 Å². The zero-order valence-corrected chi connectivity index (χ0v) is 21.4. The van der Waals surface area contributed by atoms with Gasteiger partial charge in [-0.25, -0.2) is 0 Å². The molecule has 4 aliphatic carbocycles. The number of hydrogen-bond acceptors (Lipinski definition) is 4. The van der Waals surface area contributed by atoms with Crippen LogP contribution in [0.2, 0.25) is 0 Å². The van der Waals surface area contributed by atoms with Crippen molar-refractivity contribution in [3.05, 3.63) is 0 Å². The summed E-state index contributed by atoms with van der Waals surface area (Å²) in [5.41, 5.74) is 0.493. The minimum absolute atomic E-state index is 0.118. The SMILES string of the molecule is C[C@]12C[C@H](N3CCCCC3)[C@@H](O)CC1CCC1C2CC[C@@]2(C)C1C[C@H](N1CCCCC1)[C@@H]2O. The Bertz CT molecular complexity index is 704. The van der Waals surface area contributed by atoms with Gasteiger partial charge >= 0.3 is 0 Å². The van der Waals surface area contributed by atoms with Crippen LogP contribution >= 0.6 is 0 Å². The summed E-state index contributed by atoms with van der Waals surface area (Å²) >= 11 is 0. The fourth-order valence-corrected chi connectivity index (χ4v) is 10.5. The fourth-order valence-electron chi connectivity index (χ4n) is 10.5. The summed E-state index contributed by atoms with van der Waals surface area (Å²) in [5, 5.41) is 22.8. The molecule has 10 atom stereocenters. The van der Waals surface area contributed by atoms with Crippen molar-refractivity contribution >= 4 is 0 Å². The maximum atomic E-state index is 11.6. The Labute approximate surface area is 202 Å². The number of fused-ring (bicyclic) bond motifs is 5. The summed E-state index contributed by atoms with van der Waals surface area (Å²) in [5.74, 6) is 2.97. The Morgan fingerprint density at radius 1 is 0.667 bits per heavy atom. The molecule has 2 heterocycles. The first-order valence-corrected chi connectivity index (χ1v) is 14.8. The maximum absolute atomic E-state index is 11.6. The highest BCUT2D eigenvalue weighted by Gasteiger charge is 2.63. The summed E-state index contributed by atoms with van der Waals surface area (Å²) in [4.78, 5) is 5.33.